The van der Waals surface area contributed by atoms with E-state index in [1.165, 1.54) is 12.2 Å². The molecule has 0 fully saturated rings. The van der Waals surface area contributed by atoms with Gasteiger partial charge in [0.1, 0.15) is 23.3 Å². The number of hydrogen-bond acceptors (Lipinski definition) is 5. The number of aliphatic carboxylic acids is 2. The van der Waals surface area contributed by atoms with E-state index in [1.54, 1.807) is 36.4 Å². The van der Waals surface area contributed by atoms with E-state index >= 15 is 0 Å². The van der Waals surface area contributed by atoms with Crippen molar-refractivity contribution in [2.75, 3.05) is 4.90 Å². The van der Waals surface area contributed by atoms with Crippen LogP contribution in [0, 0.1) is 22.7 Å². The molecule has 0 saturated carbocycles. The predicted octanol–water partition coefficient (Wildman–Crippen LogP) is 9.28. The van der Waals surface area contributed by atoms with Crippen LogP contribution >= 0.6 is 0 Å². The number of carboxylic acids is 2. The van der Waals surface area contributed by atoms with Crippen LogP contribution in [0.2, 0.25) is 0 Å². The standard InChI is InChI=1S/C42H29N3O4/c43-28-35(41(46)47)26-31-16-22-38(23-17-31)45(39-24-18-32(19-25-39)27-36(29-44)42(48)49)37-20-14-30(15-21-37)8-7-13-40(33-9-3-1-4-10-33)34-11-5-2-6-12-34/h1-27H,(H,46,47)(H,48,49)/b8-7+,35-26-,36-27+. The second kappa shape index (κ2) is 15.9. The molecule has 0 unspecified atom stereocenters. The Kier molecular flexibility index (Phi) is 10.7. The van der Waals surface area contributed by atoms with Gasteiger partial charge in [0.2, 0.25) is 0 Å². The summed E-state index contributed by atoms with van der Waals surface area (Å²) in [5.74, 6) is -2.60. The molecular formula is C42H29N3O4. The zero-order valence-electron chi connectivity index (χ0n) is 26.1. The summed E-state index contributed by atoms with van der Waals surface area (Å²) in [6.07, 6.45) is 8.78. The molecular weight excluding hydrogens is 610 g/mol. The monoisotopic (exact) mass is 639 g/mol. The summed E-state index contributed by atoms with van der Waals surface area (Å²) in [5, 5.41) is 36.8. The minimum absolute atomic E-state index is 0.371. The van der Waals surface area contributed by atoms with Crippen molar-refractivity contribution >= 4 is 52.8 Å². The average Bonchev–Trinajstić information content (AvgIpc) is 3.13. The van der Waals surface area contributed by atoms with Gasteiger partial charge in [-0.3, -0.25) is 0 Å². The first kappa shape index (κ1) is 33.2. The molecule has 7 nitrogen and oxygen atoms in total. The van der Waals surface area contributed by atoms with Gasteiger partial charge in [-0.15, -0.1) is 0 Å². The van der Waals surface area contributed by atoms with E-state index in [0.29, 0.717) is 11.1 Å². The highest BCUT2D eigenvalue weighted by molar-refractivity contribution is 5.97. The number of nitriles is 2. The Labute approximate surface area is 284 Å². The number of carboxylic acid groups (broad SMARTS) is 2. The highest BCUT2D eigenvalue weighted by atomic mass is 16.4. The maximum Gasteiger partial charge on any atom is 0.346 e. The summed E-state index contributed by atoms with van der Waals surface area (Å²) in [4.78, 5) is 24.6. The molecule has 236 valence electrons. The first-order valence-electron chi connectivity index (χ1n) is 15.2. The number of allylic oxidation sites excluding steroid dienone is 2. The third kappa shape index (κ3) is 8.53. The number of benzene rings is 5. The fraction of sp³-hybridized carbons (Fsp3) is 0. The largest absolute Gasteiger partial charge is 0.477 e. The molecule has 0 atom stereocenters. The van der Waals surface area contributed by atoms with E-state index in [-0.39, 0.29) is 11.1 Å². The molecule has 0 radical (unpaired) electrons. The van der Waals surface area contributed by atoms with Crippen LogP contribution in [0.5, 0.6) is 0 Å². The van der Waals surface area contributed by atoms with Crippen LogP contribution in [0.25, 0.3) is 23.8 Å². The molecule has 0 saturated heterocycles. The molecule has 0 bridgehead atoms. The first-order chi connectivity index (χ1) is 23.9. The van der Waals surface area contributed by atoms with Gasteiger partial charge in [-0.05, 0) is 81.9 Å². The summed E-state index contributed by atoms with van der Waals surface area (Å²) in [6.45, 7) is 0. The Balaban J connectivity index is 1.48. The predicted molar refractivity (Wildman–Crippen MR) is 193 cm³/mol. The van der Waals surface area contributed by atoms with E-state index in [9.17, 15) is 19.8 Å². The summed E-state index contributed by atoms with van der Waals surface area (Å²) < 4.78 is 0. The Bertz CT molecular complexity index is 2020. The number of hydrogen-bond donors (Lipinski definition) is 2. The molecule has 7 heteroatoms. The molecule has 5 aromatic rings. The fourth-order valence-electron chi connectivity index (χ4n) is 5.09. The van der Waals surface area contributed by atoms with Crippen LogP contribution in [0.15, 0.2) is 157 Å². The smallest absolute Gasteiger partial charge is 0.346 e. The van der Waals surface area contributed by atoms with E-state index in [0.717, 1.165) is 39.3 Å². The van der Waals surface area contributed by atoms with Crippen LogP contribution < -0.4 is 4.90 Å². The highest BCUT2D eigenvalue weighted by Crippen LogP contribution is 2.35. The maximum atomic E-state index is 11.3. The SMILES string of the molecule is N#C/C(=C/c1ccc(N(c2ccc(/C=C/C=C(c3ccccc3)c3ccccc3)cc2)c2ccc(/C=C(\C#N)C(=O)O)cc2)cc1)C(=O)O. The molecule has 0 aromatic heterocycles. The lowest BCUT2D eigenvalue weighted by molar-refractivity contribution is -0.133. The molecule has 0 amide bonds. The molecule has 2 N–H and O–H groups in total. The number of carbonyl (C=O) groups is 2. The zero-order valence-corrected chi connectivity index (χ0v) is 26.1. The Morgan fingerprint density at radius 2 is 0.898 bits per heavy atom. The minimum atomic E-state index is -1.30. The summed E-state index contributed by atoms with van der Waals surface area (Å²) in [5.41, 5.74) is 7.05. The van der Waals surface area contributed by atoms with Crippen molar-refractivity contribution < 1.29 is 19.8 Å². The molecule has 5 aromatic carbocycles. The molecule has 0 spiro atoms. The molecule has 0 heterocycles. The number of rotatable bonds is 11. The Morgan fingerprint density at radius 1 is 0.531 bits per heavy atom. The lowest BCUT2D eigenvalue weighted by Gasteiger charge is -2.26. The Hall–Kier alpha value is -7.22. The lowest BCUT2D eigenvalue weighted by Crippen LogP contribution is -2.10. The lowest BCUT2D eigenvalue weighted by atomic mass is 9.97. The van der Waals surface area contributed by atoms with Gasteiger partial charge in [0.15, 0.2) is 0 Å². The van der Waals surface area contributed by atoms with Gasteiger partial charge in [0.05, 0.1) is 0 Å². The molecule has 5 rings (SSSR count). The van der Waals surface area contributed by atoms with Crippen molar-refractivity contribution in [1.82, 2.24) is 0 Å². The molecule has 0 aliphatic rings. The van der Waals surface area contributed by atoms with Crippen LogP contribution in [0.3, 0.4) is 0 Å². The third-order valence-electron chi connectivity index (χ3n) is 7.50. The topological polar surface area (TPSA) is 125 Å². The van der Waals surface area contributed by atoms with Crippen molar-refractivity contribution in [3.05, 3.63) is 185 Å². The summed E-state index contributed by atoms with van der Waals surface area (Å²) in [6, 6.07) is 46.0. The molecule has 49 heavy (non-hydrogen) atoms. The highest BCUT2D eigenvalue weighted by Gasteiger charge is 2.14. The molecule has 0 aliphatic carbocycles. The van der Waals surface area contributed by atoms with Gasteiger partial charge >= 0.3 is 11.9 Å². The quantitative estimate of drug-likeness (QED) is 0.0838. The second-order valence-electron chi connectivity index (χ2n) is 10.7. The fourth-order valence-corrected chi connectivity index (χ4v) is 5.09. The van der Waals surface area contributed by atoms with Gasteiger partial charge in [-0.1, -0.05) is 115 Å². The average molecular weight is 640 g/mol. The normalized spacial score (nSPS) is 11.3. The van der Waals surface area contributed by atoms with Crippen LogP contribution in [-0.2, 0) is 9.59 Å². The van der Waals surface area contributed by atoms with Gasteiger partial charge in [0, 0.05) is 17.1 Å². The summed E-state index contributed by atoms with van der Waals surface area (Å²) >= 11 is 0. The second-order valence-corrected chi connectivity index (χ2v) is 10.7. The first-order valence-corrected chi connectivity index (χ1v) is 15.2. The minimum Gasteiger partial charge on any atom is -0.477 e. The van der Waals surface area contributed by atoms with Crippen molar-refractivity contribution in [2.24, 2.45) is 0 Å². The number of nitrogens with zero attached hydrogens (tertiary/aromatic N) is 3. The third-order valence-corrected chi connectivity index (χ3v) is 7.50. The van der Waals surface area contributed by atoms with Gasteiger partial charge in [0.25, 0.3) is 0 Å². The van der Waals surface area contributed by atoms with Crippen molar-refractivity contribution in [3.63, 3.8) is 0 Å². The number of anilines is 3. The van der Waals surface area contributed by atoms with Gasteiger partial charge in [-0.25, -0.2) is 9.59 Å². The van der Waals surface area contributed by atoms with Crippen molar-refractivity contribution in [1.29, 1.82) is 10.5 Å². The van der Waals surface area contributed by atoms with E-state index in [1.807, 2.05) is 102 Å². The molecule has 0 aliphatic heterocycles. The Morgan fingerprint density at radius 3 is 1.24 bits per heavy atom. The van der Waals surface area contributed by atoms with E-state index < -0.39 is 11.9 Å². The van der Waals surface area contributed by atoms with Crippen LogP contribution in [-0.4, -0.2) is 22.2 Å². The van der Waals surface area contributed by atoms with E-state index in [4.69, 9.17) is 10.5 Å². The maximum absolute atomic E-state index is 11.3. The zero-order chi connectivity index (χ0) is 34.6. The van der Waals surface area contributed by atoms with Crippen molar-refractivity contribution in [3.8, 4) is 12.1 Å². The van der Waals surface area contributed by atoms with Gasteiger partial charge in [-0.2, -0.15) is 10.5 Å². The van der Waals surface area contributed by atoms with Gasteiger partial charge < -0.3 is 15.1 Å². The van der Waals surface area contributed by atoms with Crippen LogP contribution in [0.1, 0.15) is 27.8 Å². The van der Waals surface area contributed by atoms with E-state index in [2.05, 4.69) is 30.3 Å². The summed E-state index contributed by atoms with van der Waals surface area (Å²) in [7, 11) is 0. The van der Waals surface area contributed by atoms with Crippen LogP contribution in [0.4, 0.5) is 17.1 Å². The van der Waals surface area contributed by atoms with Crippen molar-refractivity contribution in [2.45, 2.75) is 0 Å².